The van der Waals surface area contributed by atoms with Crippen LogP contribution in [-0.2, 0) is 5.75 Å². The number of nitrogen functional groups attached to an aromatic ring is 1. The Hall–Kier alpha value is -0.0400. The van der Waals surface area contributed by atoms with Crippen molar-refractivity contribution in [1.82, 2.24) is 9.97 Å². The van der Waals surface area contributed by atoms with Crippen molar-refractivity contribution in [2.24, 2.45) is 0 Å². The second kappa shape index (κ2) is 4.65. The first-order valence-electron chi connectivity index (χ1n) is 4.29. The highest BCUT2D eigenvalue weighted by atomic mass is 127. The molecule has 14 heavy (non-hydrogen) atoms. The van der Waals surface area contributed by atoms with Gasteiger partial charge in [-0.05, 0) is 22.6 Å². The standard InChI is InChI=1S/C9H14IN3S/c1-9(2,3)14-5-7-12-4-6(10)8(11)13-7/h4H,5H2,1-3H3,(H2,11,12,13). The molecule has 0 fully saturated rings. The van der Waals surface area contributed by atoms with Gasteiger partial charge in [-0.15, -0.1) is 11.8 Å². The Morgan fingerprint density at radius 1 is 1.50 bits per heavy atom. The third-order valence-electron chi connectivity index (χ3n) is 1.46. The topological polar surface area (TPSA) is 51.8 Å². The molecule has 0 aliphatic rings. The quantitative estimate of drug-likeness (QED) is 0.850. The zero-order valence-electron chi connectivity index (χ0n) is 8.54. The lowest BCUT2D eigenvalue weighted by molar-refractivity contribution is 0.800. The molecule has 1 aromatic rings. The molecule has 1 heterocycles. The average Bonchev–Trinajstić information content (AvgIpc) is 2.06. The SMILES string of the molecule is CC(C)(C)SCc1ncc(I)c(N)n1. The minimum Gasteiger partial charge on any atom is -0.383 e. The maximum atomic E-state index is 5.69. The normalized spacial score (nSPS) is 11.7. The van der Waals surface area contributed by atoms with Crippen LogP contribution in [0.15, 0.2) is 6.20 Å². The van der Waals surface area contributed by atoms with Gasteiger partial charge < -0.3 is 5.73 Å². The summed E-state index contributed by atoms with van der Waals surface area (Å²) in [5.41, 5.74) is 5.69. The third kappa shape index (κ3) is 4.00. The maximum Gasteiger partial charge on any atom is 0.140 e. The highest BCUT2D eigenvalue weighted by Crippen LogP contribution is 2.26. The van der Waals surface area contributed by atoms with Crippen LogP contribution in [0.5, 0.6) is 0 Å². The van der Waals surface area contributed by atoms with Crippen LogP contribution in [0.2, 0.25) is 0 Å². The first-order valence-corrected chi connectivity index (χ1v) is 6.36. The van der Waals surface area contributed by atoms with Crippen molar-refractivity contribution in [3.8, 4) is 0 Å². The summed E-state index contributed by atoms with van der Waals surface area (Å²) < 4.78 is 1.15. The van der Waals surface area contributed by atoms with E-state index < -0.39 is 0 Å². The van der Waals surface area contributed by atoms with Crippen LogP contribution < -0.4 is 5.73 Å². The van der Waals surface area contributed by atoms with E-state index in [0.29, 0.717) is 5.82 Å². The minimum absolute atomic E-state index is 0.237. The summed E-state index contributed by atoms with van der Waals surface area (Å²) in [5.74, 6) is 2.19. The van der Waals surface area contributed by atoms with Crippen molar-refractivity contribution in [1.29, 1.82) is 0 Å². The number of thioether (sulfide) groups is 1. The predicted octanol–water partition coefficient (Wildman–Crippen LogP) is 2.70. The molecule has 1 rings (SSSR count). The summed E-state index contributed by atoms with van der Waals surface area (Å²) in [5, 5.41) is 0. The largest absolute Gasteiger partial charge is 0.383 e. The fourth-order valence-electron chi connectivity index (χ4n) is 0.769. The number of anilines is 1. The van der Waals surface area contributed by atoms with Gasteiger partial charge in [-0.2, -0.15) is 0 Å². The Morgan fingerprint density at radius 3 is 2.64 bits per heavy atom. The van der Waals surface area contributed by atoms with E-state index in [1.54, 1.807) is 6.20 Å². The number of hydrogen-bond donors (Lipinski definition) is 1. The van der Waals surface area contributed by atoms with E-state index in [9.17, 15) is 0 Å². The van der Waals surface area contributed by atoms with Gasteiger partial charge in [-0.25, -0.2) is 9.97 Å². The van der Waals surface area contributed by atoms with Crippen molar-refractivity contribution in [3.63, 3.8) is 0 Å². The summed E-state index contributed by atoms with van der Waals surface area (Å²) in [6.07, 6.45) is 1.77. The van der Waals surface area contributed by atoms with Crippen molar-refractivity contribution in [3.05, 3.63) is 15.6 Å². The molecule has 0 spiro atoms. The molecule has 78 valence electrons. The Kier molecular flexibility index (Phi) is 4.00. The van der Waals surface area contributed by atoms with Gasteiger partial charge in [0.25, 0.3) is 0 Å². The van der Waals surface area contributed by atoms with Crippen LogP contribution in [0.1, 0.15) is 26.6 Å². The van der Waals surface area contributed by atoms with Crippen molar-refractivity contribution in [2.75, 3.05) is 5.73 Å². The third-order valence-corrected chi connectivity index (χ3v) is 3.56. The number of rotatable bonds is 2. The van der Waals surface area contributed by atoms with Gasteiger partial charge in [0.05, 0.1) is 9.32 Å². The highest BCUT2D eigenvalue weighted by molar-refractivity contribution is 14.1. The molecule has 5 heteroatoms. The van der Waals surface area contributed by atoms with E-state index in [-0.39, 0.29) is 4.75 Å². The number of hydrogen-bond acceptors (Lipinski definition) is 4. The van der Waals surface area contributed by atoms with E-state index >= 15 is 0 Å². The molecule has 0 saturated heterocycles. The van der Waals surface area contributed by atoms with E-state index in [1.807, 2.05) is 11.8 Å². The molecular weight excluding hydrogens is 309 g/mol. The summed E-state index contributed by atoms with van der Waals surface area (Å²) >= 11 is 3.95. The Morgan fingerprint density at radius 2 is 2.14 bits per heavy atom. The zero-order chi connectivity index (χ0) is 10.8. The first kappa shape index (κ1) is 12.0. The predicted molar refractivity (Wildman–Crippen MR) is 70.2 cm³/mol. The summed E-state index contributed by atoms with van der Waals surface area (Å²) in [7, 11) is 0. The van der Waals surface area contributed by atoms with Gasteiger partial charge in [0.2, 0.25) is 0 Å². The summed E-state index contributed by atoms with van der Waals surface area (Å²) in [6.45, 7) is 6.52. The molecule has 0 radical (unpaired) electrons. The van der Waals surface area contributed by atoms with Crippen LogP contribution in [0.25, 0.3) is 0 Å². The number of nitrogens with zero attached hydrogens (tertiary/aromatic N) is 2. The van der Waals surface area contributed by atoms with Crippen LogP contribution >= 0.6 is 34.4 Å². The minimum atomic E-state index is 0.237. The molecule has 3 nitrogen and oxygen atoms in total. The first-order chi connectivity index (χ1) is 6.38. The van der Waals surface area contributed by atoms with Crippen molar-refractivity contribution in [2.45, 2.75) is 31.3 Å². The lowest BCUT2D eigenvalue weighted by Gasteiger charge is -2.16. The lowest BCUT2D eigenvalue weighted by atomic mass is 10.3. The molecule has 0 bridgehead atoms. The Labute approximate surface area is 102 Å². The monoisotopic (exact) mass is 323 g/mol. The van der Waals surface area contributed by atoms with Crippen molar-refractivity contribution < 1.29 is 0 Å². The summed E-state index contributed by atoms with van der Waals surface area (Å²) in [4.78, 5) is 8.44. The van der Waals surface area contributed by atoms with Crippen LogP contribution in [0, 0.1) is 3.57 Å². The van der Waals surface area contributed by atoms with E-state index in [2.05, 4.69) is 53.3 Å². The van der Waals surface area contributed by atoms with Crippen LogP contribution in [-0.4, -0.2) is 14.7 Å². The van der Waals surface area contributed by atoms with Gasteiger partial charge >= 0.3 is 0 Å². The molecule has 0 saturated carbocycles. The molecule has 0 aliphatic carbocycles. The number of nitrogens with two attached hydrogens (primary N) is 1. The van der Waals surface area contributed by atoms with Gasteiger partial charge in [-0.1, -0.05) is 20.8 Å². The van der Waals surface area contributed by atoms with Gasteiger partial charge in [0.15, 0.2) is 0 Å². The number of halogens is 1. The highest BCUT2D eigenvalue weighted by Gasteiger charge is 2.12. The zero-order valence-corrected chi connectivity index (χ0v) is 11.5. The molecule has 0 unspecified atom stereocenters. The summed E-state index contributed by atoms with van der Waals surface area (Å²) in [6, 6.07) is 0. The maximum absolute atomic E-state index is 5.69. The fraction of sp³-hybridized carbons (Fsp3) is 0.556. The smallest absolute Gasteiger partial charge is 0.140 e. The van der Waals surface area contributed by atoms with Gasteiger partial charge in [-0.3, -0.25) is 0 Å². The fourth-order valence-corrected chi connectivity index (χ4v) is 1.73. The average molecular weight is 323 g/mol. The molecule has 0 amide bonds. The molecular formula is C9H14IN3S. The number of aromatic nitrogens is 2. The van der Waals surface area contributed by atoms with Crippen LogP contribution in [0.4, 0.5) is 5.82 Å². The second-order valence-electron chi connectivity index (χ2n) is 3.92. The second-order valence-corrected chi connectivity index (χ2v) is 6.88. The molecule has 0 aromatic carbocycles. The molecule has 0 atom stereocenters. The van der Waals surface area contributed by atoms with E-state index in [4.69, 9.17) is 5.73 Å². The van der Waals surface area contributed by atoms with Gasteiger partial charge in [0.1, 0.15) is 11.6 Å². The van der Waals surface area contributed by atoms with E-state index in [1.165, 1.54) is 0 Å². The lowest BCUT2D eigenvalue weighted by Crippen LogP contribution is -2.09. The van der Waals surface area contributed by atoms with Gasteiger partial charge in [0, 0.05) is 10.9 Å². The molecule has 2 N–H and O–H groups in total. The van der Waals surface area contributed by atoms with Crippen LogP contribution in [0.3, 0.4) is 0 Å². The Balaban J connectivity index is 2.65. The molecule has 1 aromatic heterocycles. The Bertz CT molecular complexity index is 322. The molecule has 0 aliphatic heterocycles. The van der Waals surface area contributed by atoms with Crippen molar-refractivity contribution >= 4 is 40.2 Å². The van der Waals surface area contributed by atoms with E-state index in [0.717, 1.165) is 15.1 Å².